The van der Waals surface area contributed by atoms with Crippen molar-refractivity contribution < 1.29 is 19.8 Å². The van der Waals surface area contributed by atoms with Crippen molar-refractivity contribution in [3.63, 3.8) is 0 Å². The summed E-state index contributed by atoms with van der Waals surface area (Å²) in [5.41, 5.74) is 6.35. The second-order valence-electron chi connectivity index (χ2n) is 4.24. The van der Waals surface area contributed by atoms with Crippen LogP contribution in [-0.4, -0.2) is 28.2 Å². The number of carbonyl (C=O) groups is 2. The Hall–Kier alpha value is -1.88. The van der Waals surface area contributed by atoms with Gasteiger partial charge in [0.15, 0.2) is 0 Å². The molecule has 1 aliphatic carbocycles. The first-order chi connectivity index (χ1) is 8.04. The fourth-order valence-electron chi connectivity index (χ4n) is 2.37. The summed E-state index contributed by atoms with van der Waals surface area (Å²) in [5, 5.41) is 17.9. The van der Waals surface area contributed by atoms with Crippen molar-refractivity contribution in [3.05, 3.63) is 35.9 Å². The number of carboxylic acid groups (broad SMARTS) is 2. The van der Waals surface area contributed by atoms with Gasteiger partial charge in [0.2, 0.25) is 0 Å². The van der Waals surface area contributed by atoms with Crippen LogP contribution in [-0.2, 0) is 9.59 Å². The zero-order valence-corrected chi connectivity index (χ0v) is 8.98. The summed E-state index contributed by atoms with van der Waals surface area (Å²) in [6, 6.07) is 7.91. The number of aliphatic carboxylic acids is 2. The monoisotopic (exact) mass is 235 g/mol. The van der Waals surface area contributed by atoms with Crippen LogP contribution in [0.2, 0.25) is 0 Å². The van der Waals surface area contributed by atoms with Crippen LogP contribution in [0.25, 0.3) is 0 Å². The summed E-state index contributed by atoms with van der Waals surface area (Å²) in [6.45, 7) is 0. The minimum Gasteiger partial charge on any atom is -0.481 e. The fraction of sp³-hybridized carbons (Fsp3) is 0.333. The molecule has 0 saturated heterocycles. The van der Waals surface area contributed by atoms with Gasteiger partial charge in [-0.05, 0) is 5.56 Å². The Morgan fingerprint density at radius 3 is 2.24 bits per heavy atom. The minimum absolute atomic E-state index is 0.292. The smallest absolute Gasteiger partial charge is 0.320 e. The zero-order chi connectivity index (χ0) is 12.6. The van der Waals surface area contributed by atoms with Gasteiger partial charge in [-0.25, -0.2) is 0 Å². The molecule has 0 bridgehead atoms. The average Bonchev–Trinajstić information content (AvgIpc) is 3.04. The Morgan fingerprint density at radius 1 is 1.18 bits per heavy atom. The molecule has 0 heterocycles. The molecule has 2 rings (SSSR count). The fourth-order valence-corrected chi connectivity index (χ4v) is 2.37. The van der Waals surface area contributed by atoms with E-state index in [0.717, 1.165) is 5.56 Å². The Bertz CT molecular complexity index is 445. The molecular weight excluding hydrogens is 222 g/mol. The third-order valence-corrected chi connectivity index (χ3v) is 3.24. The first kappa shape index (κ1) is 11.6. The predicted molar refractivity (Wildman–Crippen MR) is 59.4 cm³/mol. The Kier molecular flexibility index (Phi) is 2.85. The molecule has 1 unspecified atom stereocenters. The SMILES string of the molecule is NC(C(=O)O)[C@@H]1[C@H](C(=O)O)[C@H]1c1ccccc1. The van der Waals surface area contributed by atoms with Crippen LogP contribution in [0.5, 0.6) is 0 Å². The quantitative estimate of drug-likeness (QED) is 0.706. The van der Waals surface area contributed by atoms with Gasteiger partial charge in [-0.3, -0.25) is 9.59 Å². The van der Waals surface area contributed by atoms with Crippen molar-refractivity contribution in [2.75, 3.05) is 0 Å². The van der Waals surface area contributed by atoms with Gasteiger partial charge in [-0.15, -0.1) is 0 Å². The number of benzene rings is 1. The van der Waals surface area contributed by atoms with Gasteiger partial charge in [-0.2, -0.15) is 0 Å². The Labute approximate surface area is 97.9 Å². The van der Waals surface area contributed by atoms with Crippen molar-refractivity contribution in [3.8, 4) is 0 Å². The molecule has 5 nitrogen and oxygen atoms in total. The molecule has 90 valence electrons. The van der Waals surface area contributed by atoms with E-state index >= 15 is 0 Å². The predicted octanol–water partition coefficient (Wildman–Crippen LogP) is 0.513. The lowest BCUT2D eigenvalue weighted by atomic mass is 10.1. The molecule has 1 fully saturated rings. The summed E-state index contributed by atoms with van der Waals surface area (Å²) in [4.78, 5) is 21.8. The zero-order valence-electron chi connectivity index (χ0n) is 8.98. The van der Waals surface area contributed by atoms with Crippen LogP contribution in [0, 0.1) is 11.8 Å². The third kappa shape index (κ3) is 2.01. The third-order valence-electron chi connectivity index (χ3n) is 3.24. The van der Waals surface area contributed by atoms with E-state index in [-0.39, 0.29) is 5.92 Å². The molecular formula is C12H13NO4. The molecule has 0 radical (unpaired) electrons. The molecule has 5 heteroatoms. The Balaban J connectivity index is 2.23. The second kappa shape index (κ2) is 4.18. The highest BCUT2D eigenvalue weighted by Crippen LogP contribution is 2.55. The van der Waals surface area contributed by atoms with Crippen LogP contribution in [0.15, 0.2) is 30.3 Å². The van der Waals surface area contributed by atoms with Gasteiger partial charge in [0.05, 0.1) is 5.92 Å². The lowest BCUT2D eigenvalue weighted by molar-refractivity contribution is -0.140. The largest absolute Gasteiger partial charge is 0.481 e. The normalized spacial score (nSPS) is 28.4. The molecule has 0 amide bonds. The van der Waals surface area contributed by atoms with Gasteiger partial charge in [-0.1, -0.05) is 30.3 Å². The number of rotatable bonds is 4. The van der Waals surface area contributed by atoms with Crippen LogP contribution in [0.1, 0.15) is 11.5 Å². The first-order valence-corrected chi connectivity index (χ1v) is 5.30. The molecule has 1 saturated carbocycles. The maximum Gasteiger partial charge on any atom is 0.320 e. The van der Waals surface area contributed by atoms with E-state index in [9.17, 15) is 9.59 Å². The lowest BCUT2D eigenvalue weighted by Crippen LogP contribution is -2.33. The molecule has 0 spiro atoms. The number of hydrogen-bond donors (Lipinski definition) is 3. The van der Waals surface area contributed by atoms with Crippen LogP contribution in [0.4, 0.5) is 0 Å². The molecule has 4 atom stereocenters. The summed E-state index contributed by atoms with van der Waals surface area (Å²) < 4.78 is 0. The van der Waals surface area contributed by atoms with E-state index in [0.29, 0.717) is 0 Å². The molecule has 4 N–H and O–H groups in total. The molecule has 1 aromatic carbocycles. The van der Waals surface area contributed by atoms with Crippen molar-refractivity contribution >= 4 is 11.9 Å². The molecule has 1 aromatic rings. The molecule has 0 aliphatic heterocycles. The van der Waals surface area contributed by atoms with Gasteiger partial charge >= 0.3 is 11.9 Å². The molecule has 17 heavy (non-hydrogen) atoms. The van der Waals surface area contributed by atoms with Gasteiger partial charge in [0.1, 0.15) is 6.04 Å². The minimum atomic E-state index is -1.15. The van der Waals surface area contributed by atoms with Crippen LogP contribution in [0.3, 0.4) is 0 Å². The summed E-state index contributed by atoms with van der Waals surface area (Å²) in [6.07, 6.45) is 0. The second-order valence-corrected chi connectivity index (χ2v) is 4.24. The lowest BCUT2D eigenvalue weighted by Gasteiger charge is -2.04. The number of carboxylic acids is 2. The highest BCUT2D eigenvalue weighted by molar-refractivity contribution is 5.81. The standard InChI is InChI=1S/C12H13NO4/c13-10(12(16)17)8-7(9(8)11(14)15)6-4-2-1-3-5-6/h1-5,7-10H,13H2,(H,14,15)(H,16,17)/t7-,8-,9+,10?/m0/s1. The van der Waals surface area contributed by atoms with E-state index in [2.05, 4.69) is 0 Å². The number of hydrogen-bond acceptors (Lipinski definition) is 3. The van der Waals surface area contributed by atoms with Crippen molar-refractivity contribution in [2.24, 2.45) is 17.6 Å². The van der Waals surface area contributed by atoms with Gasteiger partial charge in [0, 0.05) is 11.8 Å². The molecule has 0 aromatic heterocycles. The first-order valence-electron chi connectivity index (χ1n) is 5.30. The summed E-state index contributed by atoms with van der Waals surface area (Å²) >= 11 is 0. The molecule has 1 aliphatic rings. The highest BCUT2D eigenvalue weighted by atomic mass is 16.4. The van der Waals surface area contributed by atoms with Gasteiger partial charge in [0.25, 0.3) is 0 Å². The number of nitrogens with two attached hydrogens (primary N) is 1. The average molecular weight is 235 g/mol. The van der Waals surface area contributed by atoms with Gasteiger partial charge < -0.3 is 15.9 Å². The van der Waals surface area contributed by atoms with E-state index in [4.69, 9.17) is 15.9 Å². The van der Waals surface area contributed by atoms with Crippen molar-refractivity contribution in [1.82, 2.24) is 0 Å². The Morgan fingerprint density at radius 2 is 1.76 bits per heavy atom. The maximum atomic E-state index is 11.0. The maximum absolute atomic E-state index is 11.0. The summed E-state index contributed by atoms with van der Waals surface area (Å²) in [5.74, 6) is -3.64. The highest BCUT2D eigenvalue weighted by Gasteiger charge is 2.59. The van der Waals surface area contributed by atoms with Crippen molar-refractivity contribution in [1.29, 1.82) is 0 Å². The van der Waals surface area contributed by atoms with Crippen molar-refractivity contribution in [2.45, 2.75) is 12.0 Å². The van der Waals surface area contributed by atoms with E-state index < -0.39 is 29.8 Å². The topological polar surface area (TPSA) is 101 Å². The van der Waals surface area contributed by atoms with Crippen LogP contribution >= 0.6 is 0 Å². The van der Waals surface area contributed by atoms with E-state index in [1.807, 2.05) is 6.07 Å². The van der Waals surface area contributed by atoms with Crippen LogP contribution < -0.4 is 5.73 Å². The summed E-state index contributed by atoms with van der Waals surface area (Å²) in [7, 11) is 0. The van der Waals surface area contributed by atoms with E-state index in [1.165, 1.54) is 0 Å². The van der Waals surface area contributed by atoms with E-state index in [1.54, 1.807) is 24.3 Å².